The lowest BCUT2D eigenvalue weighted by atomic mass is 10.0. The number of unbranched alkanes of at least 4 members (excludes halogenated alkanes) is 1. The minimum atomic E-state index is -0.716. The van der Waals surface area contributed by atoms with Crippen molar-refractivity contribution < 1.29 is 14.3 Å². The van der Waals surface area contributed by atoms with E-state index >= 15 is 0 Å². The van der Waals surface area contributed by atoms with Crippen LogP contribution in [0.5, 0.6) is 5.75 Å². The standard InChI is InChI=1S/C31H37ClN2O3/c1-5-6-16-33-31(36)28(19-25-12-8-7-9-13-25)34(20-26-14-10-11-15-27(26)32)30(35)21-37-29-18-22(2)17-23(3)24(29)4/h7-15,17-18,28H,5-6,16,19-21H2,1-4H3,(H,33,36)/t28-/m0/s1. The van der Waals surface area contributed by atoms with Crippen molar-refractivity contribution in [1.29, 1.82) is 0 Å². The predicted octanol–water partition coefficient (Wildman–Crippen LogP) is 6.20. The number of hydrogen-bond acceptors (Lipinski definition) is 3. The Kier molecular flexibility index (Phi) is 10.6. The van der Waals surface area contributed by atoms with Gasteiger partial charge in [-0.25, -0.2) is 0 Å². The molecule has 3 aromatic carbocycles. The Morgan fingerprint density at radius 1 is 1.00 bits per heavy atom. The molecule has 196 valence electrons. The third kappa shape index (κ3) is 8.09. The third-order valence-electron chi connectivity index (χ3n) is 6.51. The largest absolute Gasteiger partial charge is 0.483 e. The second kappa shape index (κ2) is 13.8. The van der Waals surface area contributed by atoms with Crippen LogP contribution in [0, 0.1) is 20.8 Å². The summed E-state index contributed by atoms with van der Waals surface area (Å²) in [5.74, 6) is 0.223. The Morgan fingerprint density at radius 2 is 1.70 bits per heavy atom. The Labute approximate surface area is 225 Å². The maximum absolute atomic E-state index is 13.8. The first-order chi connectivity index (χ1) is 17.8. The molecule has 6 heteroatoms. The van der Waals surface area contributed by atoms with Crippen molar-refractivity contribution in [2.75, 3.05) is 13.2 Å². The Morgan fingerprint density at radius 3 is 2.41 bits per heavy atom. The summed E-state index contributed by atoms with van der Waals surface area (Å²) in [4.78, 5) is 28.8. The highest BCUT2D eigenvalue weighted by Crippen LogP contribution is 2.24. The summed E-state index contributed by atoms with van der Waals surface area (Å²) in [6, 6.07) is 20.5. The molecule has 0 saturated carbocycles. The summed E-state index contributed by atoms with van der Waals surface area (Å²) in [5.41, 5.74) is 4.92. The summed E-state index contributed by atoms with van der Waals surface area (Å²) < 4.78 is 6.03. The van der Waals surface area contributed by atoms with Gasteiger partial charge >= 0.3 is 0 Å². The van der Waals surface area contributed by atoms with Gasteiger partial charge in [0.15, 0.2) is 6.61 Å². The third-order valence-corrected chi connectivity index (χ3v) is 6.88. The first kappa shape index (κ1) is 28.3. The minimum Gasteiger partial charge on any atom is -0.483 e. The number of carbonyl (C=O) groups excluding carboxylic acids is 2. The van der Waals surface area contributed by atoms with E-state index in [1.54, 1.807) is 11.0 Å². The fourth-order valence-corrected chi connectivity index (χ4v) is 4.44. The number of ether oxygens (including phenoxy) is 1. The molecule has 0 heterocycles. The van der Waals surface area contributed by atoms with Gasteiger partial charge in [0.1, 0.15) is 11.8 Å². The lowest BCUT2D eigenvalue weighted by Gasteiger charge is -2.32. The van der Waals surface area contributed by atoms with E-state index in [4.69, 9.17) is 16.3 Å². The van der Waals surface area contributed by atoms with E-state index in [1.807, 2.05) is 75.4 Å². The van der Waals surface area contributed by atoms with E-state index in [9.17, 15) is 9.59 Å². The van der Waals surface area contributed by atoms with Gasteiger partial charge in [0, 0.05) is 24.5 Å². The molecular formula is C31H37ClN2O3. The van der Waals surface area contributed by atoms with Crippen molar-refractivity contribution in [2.45, 2.75) is 59.5 Å². The van der Waals surface area contributed by atoms with Crippen molar-refractivity contribution in [3.8, 4) is 5.75 Å². The molecule has 0 bridgehead atoms. The number of benzene rings is 3. The molecule has 0 saturated heterocycles. The van der Waals surface area contributed by atoms with Gasteiger partial charge in [-0.1, -0.05) is 79.5 Å². The molecule has 0 fully saturated rings. The number of hydrogen-bond donors (Lipinski definition) is 1. The predicted molar refractivity (Wildman–Crippen MR) is 150 cm³/mol. The molecule has 0 radical (unpaired) electrons. The monoisotopic (exact) mass is 520 g/mol. The number of amides is 2. The maximum Gasteiger partial charge on any atom is 0.261 e. The van der Waals surface area contributed by atoms with Gasteiger partial charge in [0.05, 0.1) is 0 Å². The molecule has 0 aromatic heterocycles. The van der Waals surface area contributed by atoms with Crippen LogP contribution < -0.4 is 10.1 Å². The molecule has 0 aliphatic carbocycles. The number of nitrogens with zero attached hydrogens (tertiary/aromatic N) is 1. The smallest absolute Gasteiger partial charge is 0.261 e. The molecule has 5 nitrogen and oxygen atoms in total. The average molecular weight is 521 g/mol. The average Bonchev–Trinajstić information content (AvgIpc) is 2.88. The fraction of sp³-hybridized carbons (Fsp3) is 0.355. The Hall–Kier alpha value is -3.31. The number of nitrogens with one attached hydrogen (secondary N) is 1. The van der Waals surface area contributed by atoms with Crippen LogP contribution >= 0.6 is 11.6 Å². The van der Waals surface area contributed by atoms with Crippen LogP contribution in [0.3, 0.4) is 0 Å². The SMILES string of the molecule is CCCCNC(=O)[C@H](Cc1ccccc1)N(Cc1ccccc1Cl)C(=O)COc1cc(C)cc(C)c1C. The molecule has 0 unspecified atom stereocenters. The molecular weight excluding hydrogens is 484 g/mol. The summed E-state index contributed by atoms with van der Waals surface area (Å²) in [6.07, 6.45) is 2.23. The highest BCUT2D eigenvalue weighted by Gasteiger charge is 2.31. The van der Waals surface area contributed by atoms with Gasteiger partial charge in [-0.15, -0.1) is 0 Å². The molecule has 37 heavy (non-hydrogen) atoms. The molecule has 0 aliphatic rings. The minimum absolute atomic E-state index is 0.179. The highest BCUT2D eigenvalue weighted by atomic mass is 35.5. The number of halogens is 1. The lowest BCUT2D eigenvalue weighted by Crippen LogP contribution is -2.51. The summed E-state index contributed by atoms with van der Waals surface area (Å²) in [6.45, 7) is 8.67. The molecule has 1 atom stereocenters. The Bertz CT molecular complexity index is 1200. The number of carbonyl (C=O) groups is 2. The van der Waals surface area contributed by atoms with Gasteiger partial charge in [-0.3, -0.25) is 9.59 Å². The molecule has 3 rings (SSSR count). The van der Waals surface area contributed by atoms with Crippen molar-refractivity contribution >= 4 is 23.4 Å². The van der Waals surface area contributed by atoms with Gasteiger partial charge in [0.25, 0.3) is 5.91 Å². The van der Waals surface area contributed by atoms with Crippen molar-refractivity contribution in [3.05, 3.63) is 99.6 Å². The van der Waals surface area contributed by atoms with Crippen LogP contribution in [0.1, 0.15) is 47.6 Å². The van der Waals surface area contributed by atoms with Crippen LogP contribution in [-0.4, -0.2) is 35.9 Å². The Balaban J connectivity index is 1.93. The van der Waals surface area contributed by atoms with Gasteiger partial charge in [-0.05, 0) is 67.1 Å². The van der Waals surface area contributed by atoms with E-state index in [2.05, 4.69) is 18.3 Å². The van der Waals surface area contributed by atoms with E-state index < -0.39 is 6.04 Å². The van der Waals surface area contributed by atoms with Crippen LogP contribution in [0.4, 0.5) is 0 Å². The summed E-state index contributed by atoms with van der Waals surface area (Å²) in [7, 11) is 0. The zero-order valence-electron chi connectivity index (χ0n) is 22.2. The second-order valence-corrected chi connectivity index (χ2v) is 9.86. The zero-order valence-corrected chi connectivity index (χ0v) is 23.0. The lowest BCUT2D eigenvalue weighted by molar-refractivity contribution is -0.142. The van der Waals surface area contributed by atoms with E-state index in [0.717, 1.165) is 40.7 Å². The molecule has 0 spiro atoms. The maximum atomic E-state index is 13.8. The van der Waals surface area contributed by atoms with E-state index in [-0.39, 0.29) is 25.0 Å². The summed E-state index contributed by atoms with van der Waals surface area (Å²) >= 11 is 6.48. The normalized spacial score (nSPS) is 11.6. The molecule has 0 aliphatic heterocycles. The van der Waals surface area contributed by atoms with E-state index in [0.29, 0.717) is 23.7 Å². The van der Waals surface area contributed by atoms with Crippen molar-refractivity contribution in [2.24, 2.45) is 0 Å². The van der Waals surface area contributed by atoms with Crippen molar-refractivity contribution in [1.82, 2.24) is 10.2 Å². The first-order valence-corrected chi connectivity index (χ1v) is 13.2. The van der Waals surface area contributed by atoms with Gasteiger partial charge < -0.3 is 15.0 Å². The second-order valence-electron chi connectivity index (χ2n) is 9.46. The van der Waals surface area contributed by atoms with Crippen LogP contribution in [0.15, 0.2) is 66.7 Å². The zero-order chi connectivity index (χ0) is 26.8. The van der Waals surface area contributed by atoms with Gasteiger partial charge in [0.2, 0.25) is 5.91 Å². The van der Waals surface area contributed by atoms with Crippen LogP contribution in [0.2, 0.25) is 5.02 Å². The fourth-order valence-electron chi connectivity index (χ4n) is 4.24. The highest BCUT2D eigenvalue weighted by molar-refractivity contribution is 6.31. The first-order valence-electron chi connectivity index (χ1n) is 12.8. The van der Waals surface area contributed by atoms with Gasteiger partial charge in [-0.2, -0.15) is 0 Å². The number of aryl methyl sites for hydroxylation is 2. The van der Waals surface area contributed by atoms with Crippen LogP contribution in [-0.2, 0) is 22.6 Å². The topological polar surface area (TPSA) is 58.6 Å². The quantitative estimate of drug-likeness (QED) is 0.289. The summed E-state index contributed by atoms with van der Waals surface area (Å²) in [5, 5.41) is 3.58. The number of rotatable bonds is 12. The van der Waals surface area contributed by atoms with E-state index in [1.165, 1.54) is 0 Å². The van der Waals surface area contributed by atoms with Crippen LogP contribution in [0.25, 0.3) is 0 Å². The molecule has 1 N–H and O–H groups in total. The molecule has 2 amide bonds. The molecule has 3 aromatic rings. The van der Waals surface area contributed by atoms with Crippen molar-refractivity contribution in [3.63, 3.8) is 0 Å².